The number of nitrogens with one attached hydrogen (secondary N) is 1. The van der Waals surface area contributed by atoms with Crippen molar-refractivity contribution >= 4 is 33.7 Å². The molecule has 0 radical (unpaired) electrons. The average Bonchev–Trinajstić information content (AvgIpc) is 2.60. The normalized spacial score (nSPS) is 11.4. The summed E-state index contributed by atoms with van der Waals surface area (Å²) in [4.78, 5) is 24.7. The van der Waals surface area contributed by atoms with Crippen molar-refractivity contribution in [3.8, 4) is 0 Å². The summed E-state index contributed by atoms with van der Waals surface area (Å²) in [6.07, 6.45) is -4.54. The van der Waals surface area contributed by atoms with E-state index < -0.39 is 33.0 Å². The first-order valence-corrected chi connectivity index (χ1v) is 7.75. The van der Waals surface area contributed by atoms with Gasteiger partial charge in [-0.2, -0.15) is 13.2 Å². The molecule has 0 aliphatic heterocycles. The molecule has 0 saturated carbocycles. The van der Waals surface area contributed by atoms with E-state index in [1.807, 2.05) is 0 Å². The number of hydrogen-bond acceptors (Lipinski definition) is 6. The van der Waals surface area contributed by atoms with Gasteiger partial charge in [0.25, 0.3) is 11.4 Å². The molecule has 0 aliphatic carbocycles. The van der Waals surface area contributed by atoms with Crippen molar-refractivity contribution in [2.45, 2.75) is 13.1 Å². The molecule has 0 saturated heterocycles. The van der Waals surface area contributed by atoms with Crippen molar-refractivity contribution in [1.29, 1.82) is 0 Å². The van der Waals surface area contributed by atoms with Crippen LogP contribution in [0.2, 0.25) is 0 Å². The average molecular weight is 392 g/mol. The van der Waals surface area contributed by atoms with Crippen LogP contribution in [0.1, 0.15) is 11.3 Å². The summed E-state index contributed by atoms with van der Waals surface area (Å²) < 4.78 is 38.8. The van der Waals surface area contributed by atoms with Crippen molar-refractivity contribution in [2.75, 3.05) is 5.32 Å². The van der Waals surface area contributed by atoms with Gasteiger partial charge in [0.15, 0.2) is 0 Å². The van der Waals surface area contributed by atoms with E-state index in [9.17, 15) is 33.4 Å². The van der Waals surface area contributed by atoms with E-state index in [0.717, 1.165) is 24.3 Å². The van der Waals surface area contributed by atoms with Gasteiger partial charge in [0.05, 0.1) is 27.0 Å². The van der Waals surface area contributed by atoms with Crippen LogP contribution in [0.3, 0.4) is 0 Å². The van der Waals surface area contributed by atoms with E-state index in [1.165, 1.54) is 18.2 Å². The first-order valence-electron chi connectivity index (χ1n) is 7.75. The first-order chi connectivity index (χ1) is 13.1. The number of anilines is 2. The van der Waals surface area contributed by atoms with Gasteiger partial charge in [-0.1, -0.05) is 6.07 Å². The fraction of sp³-hybridized carbons (Fsp3) is 0.118. The van der Waals surface area contributed by atoms with Gasteiger partial charge in [0.1, 0.15) is 5.69 Å². The monoisotopic (exact) mass is 392 g/mol. The van der Waals surface area contributed by atoms with Gasteiger partial charge in [0.2, 0.25) is 0 Å². The predicted molar refractivity (Wildman–Crippen MR) is 94.5 cm³/mol. The summed E-state index contributed by atoms with van der Waals surface area (Å²) in [5, 5.41) is 25.2. The van der Waals surface area contributed by atoms with Gasteiger partial charge in [-0.15, -0.1) is 0 Å². The summed E-state index contributed by atoms with van der Waals surface area (Å²) in [7, 11) is 0. The van der Waals surface area contributed by atoms with Gasteiger partial charge < -0.3 is 5.32 Å². The van der Waals surface area contributed by atoms with E-state index in [1.54, 1.807) is 6.92 Å². The number of nitro groups is 2. The number of hydrogen-bond donors (Lipinski definition) is 1. The summed E-state index contributed by atoms with van der Waals surface area (Å²) in [6.45, 7) is 1.56. The quantitative estimate of drug-likeness (QED) is 0.487. The molecule has 1 heterocycles. The van der Waals surface area contributed by atoms with Gasteiger partial charge in [-0.25, -0.2) is 0 Å². The Morgan fingerprint density at radius 3 is 2.29 bits per heavy atom. The van der Waals surface area contributed by atoms with Gasteiger partial charge in [-0.3, -0.25) is 25.2 Å². The number of rotatable bonds is 4. The third kappa shape index (κ3) is 3.68. The smallest absolute Gasteiger partial charge is 0.349 e. The zero-order valence-corrected chi connectivity index (χ0v) is 14.1. The number of fused-ring (bicyclic) bond motifs is 1. The molecule has 0 bridgehead atoms. The molecule has 3 aromatic rings. The summed E-state index contributed by atoms with van der Waals surface area (Å²) in [6, 6.07) is 7.56. The lowest BCUT2D eigenvalue weighted by Gasteiger charge is -2.13. The van der Waals surface area contributed by atoms with Crippen LogP contribution < -0.4 is 5.32 Å². The number of alkyl halides is 3. The first kappa shape index (κ1) is 19.0. The van der Waals surface area contributed by atoms with E-state index in [0.29, 0.717) is 11.1 Å². The number of aromatic nitrogens is 1. The Balaban J connectivity index is 2.12. The van der Waals surface area contributed by atoms with Crippen molar-refractivity contribution in [2.24, 2.45) is 0 Å². The molecule has 0 unspecified atom stereocenters. The maximum absolute atomic E-state index is 12.9. The molecule has 8 nitrogen and oxygen atoms in total. The standard InChI is InChI=1S/C17H11F3N4O4/c1-9-6-14(12-4-2-10(17(18,19)20)7-15(12)21-9)22-13-5-3-11(23(25)26)8-16(13)24(27)28/h2-8H,1H3,(H,21,22). The fourth-order valence-electron chi connectivity index (χ4n) is 2.68. The molecule has 1 aromatic heterocycles. The number of benzene rings is 2. The highest BCUT2D eigenvalue weighted by Crippen LogP contribution is 2.36. The summed E-state index contributed by atoms with van der Waals surface area (Å²) in [5.41, 5.74) is -1.17. The molecule has 0 atom stereocenters. The zero-order valence-electron chi connectivity index (χ0n) is 14.1. The Morgan fingerprint density at radius 1 is 0.964 bits per heavy atom. The van der Waals surface area contributed by atoms with Crippen LogP contribution >= 0.6 is 0 Å². The molecule has 0 aliphatic rings. The van der Waals surface area contributed by atoms with Crippen molar-refractivity contribution < 1.29 is 23.0 Å². The van der Waals surface area contributed by atoms with E-state index in [-0.39, 0.29) is 16.9 Å². The third-order valence-electron chi connectivity index (χ3n) is 3.92. The molecular formula is C17H11F3N4O4. The van der Waals surface area contributed by atoms with Crippen molar-refractivity contribution in [3.63, 3.8) is 0 Å². The molecule has 144 valence electrons. The lowest BCUT2D eigenvalue weighted by Crippen LogP contribution is -2.05. The van der Waals surface area contributed by atoms with Crippen molar-refractivity contribution in [3.05, 3.63) is 74.0 Å². The lowest BCUT2D eigenvalue weighted by atomic mass is 10.1. The molecule has 28 heavy (non-hydrogen) atoms. The molecule has 11 heteroatoms. The minimum atomic E-state index is -4.54. The zero-order chi connectivity index (χ0) is 20.6. The van der Waals surface area contributed by atoms with E-state index in [2.05, 4.69) is 10.3 Å². The number of non-ortho nitro benzene ring substituents is 1. The van der Waals surface area contributed by atoms with Crippen LogP contribution in [0.15, 0.2) is 42.5 Å². The molecule has 0 amide bonds. The summed E-state index contributed by atoms with van der Waals surface area (Å²) >= 11 is 0. The Morgan fingerprint density at radius 2 is 1.68 bits per heavy atom. The van der Waals surface area contributed by atoms with Crippen LogP contribution in [0.25, 0.3) is 10.9 Å². The highest BCUT2D eigenvalue weighted by atomic mass is 19.4. The fourth-order valence-corrected chi connectivity index (χ4v) is 2.68. The number of pyridine rings is 1. The maximum Gasteiger partial charge on any atom is 0.416 e. The highest BCUT2D eigenvalue weighted by Gasteiger charge is 2.31. The van der Waals surface area contributed by atoms with E-state index in [4.69, 9.17) is 0 Å². The van der Waals surface area contributed by atoms with Crippen LogP contribution in [0.5, 0.6) is 0 Å². The van der Waals surface area contributed by atoms with Crippen LogP contribution in [-0.2, 0) is 6.18 Å². The predicted octanol–water partition coefficient (Wildman–Crippen LogP) is 5.12. The highest BCUT2D eigenvalue weighted by molar-refractivity contribution is 5.94. The molecular weight excluding hydrogens is 381 g/mol. The maximum atomic E-state index is 12.9. The van der Waals surface area contributed by atoms with Gasteiger partial charge in [-0.05, 0) is 31.2 Å². The topological polar surface area (TPSA) is 111 Å². The Bertz CT molecular complexity index is 1120. The number of aryl methyl sites for hydroxylation is 1. The molecule has 3 rings (SSSR count). The van der Waals surface area contributed by atoms with Crippen LogP contribution in [0, 0.1) is 27.2 Å². The SMILES string of the molecule is Cc1cc(Nc2ccc([N+](=O)[O-])cc2[N+](=O)[O-])c2ccc(C(F)(F)F)cc2n1. The molecule has 1 N–H and O–H groups in total. The Hall–Kier alpha value is -3.76. The van der Waals surface area contributed by atoms with Crippen LogP contribution in [0.4, 0.5) is 35.9 Å². The second-order valence-electron chi connectivity index (χ2n) is 5.88. The third-order valence-corrected chi connectivity index (χ3v) is 3.92. The second-order valence-corrected chi connectivity index (χ2v) is 5.88. The molecule has 2 aromatic carbocycles. The van der Waals surface area contributed by atoms with Gasteiger partial charge in [0, 0.05) is 22.8 Å². The lowest BCUT2D eigenvalue weighted by molar-refractivity contribution is -0.393. The summed E-state index contributed by atoms with van der Waals surface area (Å²) in [5.74, 6) is 0. The minimum Gasteiger partial charge on any atom is -0.349 e. The molecule has 0 spiro atoms. The number of nitrogens with zero attached hydrogens (tertiary/aromatic N) is 3. The second kappa shape index (κ2) is 6.76. The van der Waals surface area contributed by atoms with Crippen LogP contribution in [-0.4, -0.2) is 14.8 Å². The minimum absolute atomic E-state index is 0.0394. The molecule has 0 fully saturated rings. The Kier molecular flexibility index (Phi) is 4.59. The number of halogens is 3. The van der Waals surface area contributed by atoms with E-state index >= 15 is 0 Å². The van der Waals surface area contributed by atoms with Gasteiger partial charge >= 0.3 is 6.18 Å². The largest absolute Gasteiger partial charge is 0.416 e. The van der Waals surface area contributed by atoms with Crippen molar-refractivity contribution in [1.82, 2.24) is 4.98 Å². The number of nitro benzene ring substituents is 2. The Labute approximate surface area is 154 Å².